The van der Waals surface area contributed by atoms with E-state index in [2.05, 4.69) is 29.7 Å². The average molecular weight is 487 g/mol. The molecule has 0 aromatic carbocycles. The number of unbranched alkanes of at least 4 members (excludes halogenated alkanes) is 9. The zero-order valence-corrected chi connectivity index (χ0v) is 21.4. The van der Waals surface area contributed by atoms with E-state index in [1.54, 1.807) is 0 Å². The predicted molar refractivity (Wildman–Crippen MR) is 136 cm³/mol. The number of aliphatic hydroxyl groups is 1. The molecule has 0 rings (SSSR count). The number of allylic oxidation sites excluding steroid dienone is 2. The smallest absolute Gasteiger partial charge is 0.314 e. The fourth-order valence-corrected chi connectivity index (χ4v) is 3.35. The topological polar surface area (TPSA) is 117 Å². The lowest BCUT2D eigenvalue weighted by Gasteiger charge is -2.13. The largest absolute Gasteiger partial charge is 0.481 e. The summed E-state index contributed by atoms with van der Waals surface area (Å²) in [6.07, 6.45) is 17.8. The van der Waals surface area contributed by atoms with Crippen molar-refractivity contribution in [3.05, 3.63) is 12.2 Å². The van der Waals surface area contributed by atoms with Crippen molar-refractivity contribution in [2.75, 3.05) is 46.1 Å². The highest BCUT2D eigenvalue weighted by Crippen LogP contribution is 2.10. The van der Waals surface area contributed by atoms with Gasteiger partial charge in [0.15, 0.2) is 0 Å². The quantitative estimate of drug-likeness (QED) is 0.110. The molecule has 4 N–H and O–H groups in total. The number of carboxylic acid groups (broad SMARTS) is 1. The number of hydrogen-bond acceptors (Lipinski definition) is 5. The minimum absolute atomic E-state index is 0.0322. The van der Waals surface area contributed by atoms with Crippen molar-refractivity contribution in [3.8, 4) is 0 Å². The van der Waals surface area contributed by atoms with Gasteiger partial charge in [-0.25, -0.2) is 4.79 Å². The Hall–Kier alpha value is -1.64. The summed E-state index contributed by atoms with van der Waals surface area (Å²) in [6.45, 7) is 5.43. The monoisotopic (exact) mass is 486 g/mol. The number of carboxylic acids is 1. The Morgan fingerprint density at radius 3 is 2.03 bits per heavy atom. The van der Waals surface area contributed by atoms with Crippen molar-refractivity contribution < 1.29 is 29.3 Å². The molecule has 0 aromatic rings. The van der Waals surface area contributed by atoms with Gasteiger partial charge >= 0.3 is 12.0 Å². The number of ether oxygens (including phenoxy) is 2. The second-order valence-electron chi connectivity index (χ2n) is 8.85. The van der Waals surface area contributed by atoms with Gasteiger partial charge in [0.05, 0.1) is 26.4 Å². The fraction of sp³-hybridized carbons (Fsp3) is 0.846. The highest BCUT2D eigenvalue weighted by atomic mass is 16.5. The van der Waals surface area contributed by atoms with Gasteiger partial charge in [-0.05, 0) is 50.9 Å². The van der Waals surface area contributed by atoms with Crippen molar-refractivity contribution in [2.24, 2.45) is 5.92 Å². The van der Waals surface area contributed by atoms with Gasteiger partial charge in [0, 0.05) is 26.1 Å². The van der Waals surface area contributed by atoms with Crippen molar-refractivity contribution in [3.63, 3.8) is 0 Å². The zero-order chi connectivity index (χ0) is 25.1. The molecule has 34 heavy (non-hydrogen) atoms. The molecule has 0 saturated heterocycles. The molecule has 0 aliphatic heterocycles. The van der Waals surface area contributed by atoms with Crippen LogP contribution in [0.4, 0.5) is 4.79 Å². The molecule has 8 heteroatoms. The molecular formula is C26H50N2O6. The number of carbonyl (C=O) groups excluding carboxylic acids is 1. The summed E-state index contributed by atoms with van der Waals surface area (Å²) < 4.78 is 10.6. The van der Waals surface area contributed by atoms with Crippen LogP contribution < -0.4 is 10.6 Å². The summed E-state index contributed by atoms with van der Waals surface area (Å²) in [5.74, 6) is -0.343. The maximum absolute atomic E-state index is 11.9. The minimum Gasteiger partial charge on any atom is -0.481 e. The van der Waals surface area contributed by atoms with E-state index in [1.165, 1.54) is 25.7 Å². The van der Waals surface area contributed by atoms with Crippen LogP contribution in [-0.2, 0) is 14.3 Å². The Morgan fingerprint density at radius 2 is 1.38 bits per heavy atom. The predicted octanol–water partition coefficient (Wildman–Crippen LogP) is 4.66. The summed E-state index contributed by atoms with van der Waals surface area (Å²) in [5.41, 5.74) is 0. The Bertz CT molecular complexity index is 502. The summed E-state index contributed by atoms with van der Waals surface area (Å²) in [7, 11) is 0. The summed E-state index contributed by atoms with van der Waals surface area (Å²) in [6, 6.07) is -0.109. The molecule has 2 amide bonds. The molecule has 0 aliphatic rings. The van der Waals surface area contributed by atoms with Crippen LogP contribution in [0.15, 0.2) is 12.2 Å². The molecule has 0 spiro atoms. The first kappa shape index (κ1) is 32.4. The minimum atomic E-state index is -0.689. The molecule has 1 unspecified atom stereocenters. The summed E-state index contributed by atoms with van der Waals surface area (Å²) in [4.78, 5) is 22.3. The number of hydrogen-bond donors (Lipinski definition) is 4. The lowest BCUT2D eigenvalue weighted by atomic mass is 10.1. The number of amides is 2. The van der Waals surface area contributed by atoms with Crippen molar-refractivity contribution in [2.45, 2.75) is 90.4 Å². The van der Waals surface area contributed by atoms with Crippen LogP contribution in [0.3, 0.4) is 0 Å². The van der Waals surface area contributed by atoms with Gasteiger partial charge in [0.1, 0.15) is 0 Å². The number of carbonyl (C=O) groups is 2. The summed E-state index contributed by atoms with van der Waals surface area (Å²) >= 11 is 0. The van der Waals surface area contributed by atoms with E-state index in [9.17, 15) is 9.59 Å². The van der Waals surface area contributed by atoms with Crippen LogP contribution in [0.5, 0.6) is 0 Å². The second-order valence-corrected chi connectivity index (χ2v) is 8.85. The van der Waals surface area contributed by atoms with Crippen LogP contribution in [0, 0.1) is 5.92 Å². The van der Waals surface area contributed by atoms with Gasteiger partial charge in [-0.2, -0.15) is 0 Å². The average Bonchev–Trinajstić information content (AvgIpc) is 2.81. The molecule has 200 valence electrons. The highest BCUT2D eigenvalue weighted by molar-refractivity contribution is 5.73. The third-order valence-electron chi connectivity index (χ3n) is 5.48. The van der Waals surface area contributed by atoms with Crippen molar-refractivity contribution in [1.29, 1.82) is 0 Å². The highest BCUT2D eigenvalue weighted by Gasteiger charge is 2.05. The molecule has 0 bridgehead atoms. The molecule has 0 aliphatic carbocycles. The Labute approximate surface area is 206 Å². The van der Waals surface area contributed by atoms with Crippen molar-refractivity contribution in [1.82, 2.24) is 10.6 Å². The Kier molecular flexibility index (Phi) is 24.7. The maximum atomic E-state index is 11.9. The SMILES string of the molecule is CC(CCOCCOCCO)CNC(=O)NCCCC/C=C\CCCCCCCCCC(=O)O. The molecule has 0 aromatic heterocycles. The molecule has 0 saturated carbocycles. The molecule has 0 heterocycles. The van der Waals surface area contributed by atoms with E-state index in [-0.39, 0.29) is 12.6 Å². The molecule has 0 radical (unpaired) electrons. The first-order valence-corrected chi connectivity index (χ1v) is 13.2. The van der Waals surface area contributed by atoms with Gasteiger partial charge in [-0.15, -0.1) is 0 Å². The van der Waals surface area contributed by atoms with Crippen LogP contribution in [0.2, 0.25) is 0 Å². The zero-order valence-electron chi connectivity index (χ0n) is 21.4. The van der Waals surface area contributed by atoms with Crippen LogP contribution in [-0.4, -0.2) is 68.3 Å². The van der Waals surface area contributed by atoms with Crippen molar-refractivity contribution >= 4 is 12.0 Å². The van der Waals surface area contributed by atoms with E-state index in [1.807, 2.05) is 0 Å². The first-order chi connectivity index (χ1) is 16.6. The fourth-order valence-electron chi connectivity index (χ4n) is 3.35. The number of nitrogens with one attached hydrogen (secondary N) is 2. The Morgan fingerprint density at radius 1 is 0.794 bits per heavy atom. The normalized spacial score (nSPS) is 12.2. The van der Waals surface area contributed by atoms with Crippen LogP contribution in [0.25, 0.3) is 0 Å². The number of aliphatic carboxylic acids is 1. The Balaban J connectivity index is 3.34. The lowest BCUT2D eigenvalue weighted by molar-refractivity contribution is -0.137. The van der Waals surface area contributed by atoms with Gasteiger partial charge in [-0.1, -0.05) is 51.2 Å². The van der Waals surface area contributed by atoms with E-state index in [0.717, 1.165) is 51.4 Å². The molecule has 8 nitrogen and oxygen atoms in total. The first-order valence-electron chi connectivity index (χ1n) is 13.2. The molecule has 0 fully saturated rings. The number of aliphatic hydroxyl groups excluding tert-OH is 1. The van der Waals surface area contributed by atoms with Gasteiger partial charge in [0.2, 0.25) is 0 Å². The second kappa shape index (κ2) is 26.0. The number of rotatable bonds is 25. The molecule has 1 atom stereocenters. The van der Waals surface area contributed by atoms with Gasteiger partial charge in [-0.3, -0.25) is 4.79 Å². The standard InChI is InChI=1S/C26H50N2O6/c1-24(16-19-33-21-22-34-20-18-29)23-28-26(32)27-17-14-12-10-8-6-4-2-3-5-7-9-11-13-15-25(30)31/h6,8,24,29H,2-5,7,9-23H2,1H3,(H,30,31)(H2,27,28,32)/b8-6-. The van der Waals surface area contributed by atoms with E-state index < -0.39 is 5.97 Å². The van der Waals surface area contributed by atoms with E-state index in [0.29, 0.717) is 51.9 Å². The van der Waals surface area contributed by atoms with Gasteiger partial charge in [0.25, 0.3) is 0 Å². The number of urea groups is 1. The molecular weight excluding hydrogens is 436 g/mol. The third-order valence-corrected chi connectivity index (χ3v) is 5.48. The van der Waals surface area contributed by atoms with Crippen LogP contribution >= 0.6 is 0 Å². The maximum Gasteiger partial charge on any atom is 0.314 e. The van der Waals surface area contributed by atoms with Crippen LogP contribution in [0.1, 0.15) is 90.4 Å². The van der Waals surface area contributed by atoms with E-state index >= 15 is 0 Å². The lowest BCUT2D eigenvalue weighted by Crippen LogP contribution is -2.38. The summed E-state index contributed by atoms with van der Waals surface area (Å²) in [5, 5.41) is 23.0. The van der Waals surface area contributed by atoms with E-state index in [4.69, 9.17) is 19.7 Å². The third kappa shape index (κ3) is 26.6. The van der Waals surface area contributed by atoms with Gasteiger partial charge < -0.3 is 30.3 Å².